The molecule has 22 heavy (non-hydrogen) atoms. The van der Waals surface area contributed by atoms with Crippen molar-refractivity contribution in [2.45, 2.75) is 43.5 Å². The minimum absolute atomic E-state index is 0.104. The van der Waals surface area contributed by atoms with E-state index in [2.05, 4.69) is 27.4 Å². The normalized spacial score (nSPS) is 12.1. The lowest BCUT2D eigenvalue weighted by molar-refractivity contribution is -0.115. The van der Waals surface area contributed by atoms with Gasteiger partial charge < -0.3 is 5.32 Å². The van der Waals surface area contributed by atoms with Crippen molar-refractivity contribution in [3.63, 3.8) is 0 Å². The molecule has 1 aromatic carbocycles. The summed E-state index contributed by atoms with van der Waals surface area (Å²) in [5.41, 5.74) is 0.684. The Labute approximate surface area is 139 Å². The average Bonchev–Trinajstić information content (AvgIpc) is 2.92. The Bertz CT molecular complexity index is 632. The third kappa shape index (κ3) is 5.03. The lowest BCUT2D eigenvalue weighted by atomic mass is 10.2. The van der Waals surface area contributed by atoms with Gasteiger partial charge >= 0.3 is 0 Å². The Morgan fingerprint density at radius 2 is 2.32 bits per heavy atom. The standard InChI is InChI=1S/C15H19ClN4OS/c1-3-4-8-13-18-15(20-19-13)22-10(2)14(21)17-12-7-5-6-11(16)9-12/h5-7,9-10H,3-4,8H2,1-2H3,(H,17,21)(H,18,19,20)/t10-/m1/s1. The van der Waals surface area contributed by atoms with Crippen LogP contribution in [-0.2, 0) is 11.2 Å². The van der Waals surface area contributed by atoms with Crippen LogP contribution in [0.15, 0.2) is 29.4 Å². The highest BCUT2D eigenvalue weighted by atomic mass is 35.5. The molecule has 0 unspecified atom stereocenters. The van der Waals surface area contributed by atoms with E-state index in [4.69, 9.17) is 11.6 Å². The van der Waals surface area contributed by atoms with Gasteiger partial charge in [-0.2, -0.15) is 0 Å². The number of amides is 1. The van der Waals surface area contributed by atoms with Crippen molar-refractivity contribution in [3.8, 4) is 0 Å². The lowest BCUT2D eigenvalue weighted by Crippen LogP contribution is -2.22. The maximum atomic E-state index is 12.2. The molecule has 1 heterocycles. The van der Waals surface area contributed by atoms with Gasteiger partial charge in [0.1, 0.15) is 5.82 Å². The van der Waals surface area contributed by atoms with Crippen LogP contribution >= 0.6 is 23.4 Å². The van der Waals surface area contributed by atoms with Gasteiger partial charge in [0.2, 0.25) is 11.1 Å². The summed E-state index contributed by atoms with van der Waals surface area (Å²) in [6.45, 7) is 3.96. The van der Waals surface area contributed by atoms with E-state index < -0.39 is 0 Å². The first-order valence-electron chi connectivity index (χ1n) is 7.23. The third-order valence-electron chi connectivity index (χ3n) is 3.02. The van der Waals surface area contributed by atoms with Gasteiger partial charge in [-0.05, 0) is 31.5 Å². The van der Waals surface area contributed by atoms with Crippen molar-refractivity contribution in [1.82, 2.24) is 15.2 Å². The Morgan fingerprint density at radius 3 is 3.05 bits per heavy atom. The summed E-state index contributed by atoms with van der Waals surface area (Å²) in [5, 5.41) is 10.8. The molecule has 0 saturated carbocycles. The highest BCUT2D eigenvalue weighted by molar-refractivity contribution is 8.00. The molecule has 0 aliphatic carbocycles. The molecule has 0 aliphatic rings. The van der Waals surface area contributed by atoms with E-state index in [1.807, 2.05) is 6.92 Å². The van der Waals surface area contributed by atoms with E-state index in [1.165, 1.54) is 11.8 Å². The molecule has 0 bridgehead atoms. The molecule has 0 spiro atoms. The number of nitrogens with zero attached hydrogens (tertiary/aromatic N) is 2. The summed E-state index contributed by atoms with van der Waals surface area (Å²) in [7, 11) is 0. The van der Waals surface area contributed by atoms with Gasteiger partial charge in [0.05, 0.1) is 5.25 Å². The number of hydrogen-bond acceptors (Lipinski definition) is 4. The first-order chi connectivity index (χ1) is 10.6. The van der Waals surface area contributed by atoms with Crippen molar-refractivity contribution in [2.75, 3.05) is 5.32 Å². The van der Waals surface area contributed by atoms with Gasteiger partial charge in [0.15, 0.2) is 0 Å². The van der Waals surface area contributed by atoms with E-state index in [0.29, 0.717) is 15.9 Å². The summed E-state index contributed by atoms with van der Waals surface area (Å²) in [6, 6.07) is 7.08. The average molecular weight is 339 g/mol. The molecule has 7 heteroatoms. The number of nitrogens with one attached hydrogen (secondary N) is 2. The summed E-state index contributed by atoms with van der Waals surface area (Å²) in [5.74, 6) is 0.763. The molecule has 1 atom stereocenters. The maximum absolute atomic E-state index is 12.2. The number of unbranched alkanes of at least 4 members (excludes halogenated alkanes) is 1. The SMILES string of the molecule is CCCCc1nc(S[C@H](C)C(=O)Nc2cccc(Cl)c2)n[nH]1. The van der Waals surface area contributed by atoms with Crippen LogP contribution in [0.5, 0.6) is 0 Å². The van der Waals surface area contributed by atoms with Crippen molar-refractivity contribution >= 4 is 35.0 Å². The van der Waals surface area contributed by atoms with E-state index in [9.17, 15) is 4.79 Å². The maximum Gasteiger partial charge on any atom is 0.237 e. The number of rotatable bonds is 7. The van der Waals surface area contributed by atoms with Gasteiger partial charge in [-0.3, -0.25) is 9.89 Å². The highest BCUT2D eigenvalue weighted by Gasteiger charge is 2.17. The number of thioether (sulfide) groups is 1. The molecular weight excluding hydrogens is 320 g/mol. The van der Waals surface area contributed by atoms with Gasteiger partial charge in [0.25, 0.3) is 0 Å². The summed E-state index contributed by atoms with van der Waals surface area (Å²) < 4.78 is 0. The van der Waals surface area contributed by atoms with Crippen LogP contribution in [0.1, 0.15) is 32.5 Å². The second-order valence-corrected chi connectivity index (χ2v) is 6.67. The number of aryl methyl sites for hydroxylation is 1. The quantitative estimate of drug-likeness (QED) is 0.751. The van der Waals surface area contributed by atoms with Crippen molar-refractivity contribution in [1.29, 1.82) is 0 Å². The Hall–Kier alpha value is -1.53. The zero-order valence-electron chi connectivity index (χ0n) is 12.6. The molecule has 118 valence electrons. The minimum atomic E-state index is -0.297. The predicted molar refractivity (Wildman–Crippen MR) is 90.4 cm³/mol. The van der Waals surface area contributed by atoms with Crippen molar-refractivity contribution < 1.29 is 4.79 Å². The molecule has 2 aromatic rings. The number of carbonyl (C=O) groups is 1. The van der Waals surface area contributed by atoms with Crippen LogP contribution in [0.2, 0.25) is 5.02 Å². The molecule has 0 saturated heterocycles. The number of H-pyrrole nitrogens is 1. The second kappa shape index (κ2) is 8.19. The largest absolute Gasteiger partial charge is 0.325 e. The minimum Gasteiger partial charge on any atom is -0.325 e. The van der Waals surface area contributed by atoms with Crippen LogP contribution in [0.3, 0.4) is 0 Å². The van der Waals surface area contributed by atoms with Crippen molar-refractivity contribution in [2.24, 2.45) is 0 Å². The molecule has 0 radical (unpaired) electrons. The van der Waals surface area contributed by atoms with Crippen LogP contribution in [0, 0.1) is 0 Å². The first-order valence-corrected chi connectivity index (χ1v) is 8.48. The number of benzene rings is 1. The number of hydrogen-bond donors (Lipinski definition) is 2. The van der Waals surface area contributed by atoms with E-state index in [-0.39, 0.29) is 11.2 Å². The Balaban J connectivity index is 1.89. The Kier molecular flexibility index (Phi) is 6.27. The molecule has 2 N–H and O–H groups in total. The van der Waals surface area contributed by atoms with Gasteiger partial charge in [-0.15, -0.1) is 5.10 Å². The molecule has 0 fully saturated rings. The number of halogens is 1. The fourth-order valence-corrected chi connectivity index (χ4v) is 2.74. The summed E-state index contributed by atoms with van der Waals surface area (Å²) in [6.07, 6.45) is 3.07. The fourth-order valence-electron chi connectivity index (χ4n) is 1.81. The van der Waals surface area contributed by atoms with Crippen LogP contribution in [-0.4, -0.2) is 26.3 Å². The predicted octanol–water partition coefficient (Wildman–Crippen LogP) is 3.92. The number of anilines is 1. The summed E-state index contributed by atoms with van der Waals surface area (Å²) in [4.78, 5) is 16.6. The molecule has 2 rings (SSSR count). The number of aromatic nitrogens is 3. The number of aromatic amines is 1. The molecular formula is C15H19ClN4OS. The van der Waals surface area contributed by atoms with E-state index in [1.54, 1.807) is 24.3 Å². The van der Waals surface area contributed by atoms with E-state index in [0.717, 1.165) is 25.1 Å². The third-order valence-corrected chi connectivity index (χ3v) is 4.22. The zero-order valence-corrected chi connectivity index (χ0v) is 14.2. The van der Waals surface area contributed by atoms with Crippen LogP contribution in [0.4, 0.5) is 5.69 Å². The topological polar surface area (TPSA) is 70.7 Å². The monoisotopic (exact) mass is 338 g/mol. The van der Waals surface area contributed by atoms with Gasteiger partial charge in [-0.25, -0.2) is 4.98 Å². The van der Waals surface area contributed by atoms with Crippen LogP contribution in [0.25, 0.3) is 0 Å². The molecule has 5 nitrogen and oxygen atoms in total. The Morgan fingerprint density at radius 1 is 1.50 bits per heavy atom. The lowest BCUT2D eigenvalue weighted by Gasteiger charge is -2.10. The first kappa shape index (κ1) is 16.8. The van der Waals surface area contributed by atoms with Crippen molar-refractivity contribution in [3.05, 3.63) is 35.1 Å². The fraction of sp³-hybridized carbons (Fsp3) is 0.400. The molecule has 1 aromatic heterocycles. The molecule has 0 aliphatic heterocycles. The molecule has 1 amide bonds. The zero-order chi connectivity index (χ0) is 15.9. The number of carbonyl (C=O) groups excluding carboxylic acids is 1. The van der Waals surface area contributed by atoms with Gasteiger partial charge in [-0.1, -0.05) is 42.8 Å². The van der Waals surface area contributed by atoms with Crippen LogP contribution < -0.4 is 5.32 Å². The highest BCUT2D eigenvalue weighted by Crippen LogP contribution is 2.22. The second-order valence-electron chi connectivity index (χ2n) is 4.93. The summed E-state index contributed by atoms with van der Waals surface area (Å²) >= 11 is 7.23. The van der Waals surface area contributed by atoms with Gasteiger partial charge in [0, 0.05) is 17.1 Å². The van der Waals surface area contributed by atoms with E-state index >= 15 is 0 Å². The smallest absolute Gasteiger partial charge is 0.237 e.